The smallest absolute Gasteiger partial charge is 0.245 e. The van der Waals surface area contributed by atoms with Crippen molar-refractivity contribution in [3.05, 3.63) is 29.8 Å². The van der Waals surface area contributed by atoms with Crippen LogP contribution in [0.4, 0.5) is 5.69 Å². The van der Waals surface area contributed by atoms with Gasteiger partial charge in [-0.1, -0.05) is 18.2 Å². The van der Waals surface area contributed by atoms with Crippen molar-refractivity contribution in [3.63, 3.8) is 0 Å². The number of carbonyl (C=O) groups excluding carboxylic acids is 3. The highest BCUT2D eigenvalue weighted by Crippen LogP contribution is 2.28. The van der Waals surface area contributed by atoms with E-state index in [1.54, 1.807) is 4.90 Å². The third kappa shape index (κ3) is 4.29. The van der Waals surface area contributed by atoms with Crippen LogP contribution in [0, 0.1) is 5.92 Å². The van der Waals surface area contributed by atoms with Crippen LogP contribution in [0.5, 0.6) is 0 Å². The fourth-order valence-electron chi connectivity index (χ4n) is 4.65. The van der Waals surface area contributed by atoms with Gasteiger partial charge >= 0.3 is 0 Å². The molecule has 3 aliphatic rings. The van der Waals surface area contributed by atoms with E-state index >= 15 is 0 Å². The molecule has 0 bridgehead atoms. The number of hydrogen-bond donors (Lipinski definition) is 1. The summed E-state index contributed by atoms with van der Waals surface area (Å²) in [4.78, 5) is 44.1. The zero-order valence-electron chi connectivity index (χ0n) is 17.1. The first-order chi connectivity index (χ1) is 14.0. The lowest BCUT2D eigenvalue weighted by Gasteiger charge is -2.36. The monoisotopic (exact) mass is 398 g/mol. The molecule has 0 spiro atoms. The van der Waals surface area contributed by atoms with Gasteiger partial charge in [-0.05, 0) is 44.4 Å². The van der Waals surface area contributed by atoms with Crippen LogP contribution < -0.4 is 5.32 Å². The Morgan fingerprint density at radius 2 is 1.86 bits per heavy atom. The average molecular weight is 399 g/mol. The first-order valence-electron chi connectivity index (χ1n) is 10.7. The van der Waals surface area contributed by atoms with Crippen molar-refractivity contribution in [2.45, 2.75) is 38.1 Å². The van der Waals surface area contributed by atoms with Crippen LogP contribution in [0.3, 0.4) is 0 Å². The Bertz CT molecular complexity index is 788. The molecule has 0 radical (unpaired) electrons. The highest BCUT2D eigenvalue weighted by Gasteiger charge is 2.37. The molecule has 3 heterocycles. The molecule has 7 nitrogen and oxygen atoms in total. The molecule has 1 aromatic rings. The van der Waals surface area contributed by atoms with Crippen molar-refractivity contribution in [3.8, 4) is 0 Å². The van der Waals surface area contributed by atoms with E-state index in [9.17, 15) is 14.4 Å². The molecule has 2 fully saturated rings. The molecule has 2 atom stereocenters. The molecule has 1 N–H and O–H groups in total. The maximum atomic E-state index is 13.0. The van der Waals surface area contributed by atoms with Gasteiger partial charge in [0.1, 0.15) is 6.04 Å². The van der Waals surface area contributed by atoms with Gasteiger partial charge in [-0.25, -0.2) is 0 Å². The summed E-state index contributed by atoms with van der Waals surface area (Å²) in [6, 6.07) is 7.49. The summed E-state index contributed by atoms with van der Waals surface area (Å²) < 4.78 is 0. The molecule has 29 heavy (non-hydrogen) atoms. The number of nitrogens with one attached hydrogen (secondary N) is 1. The van der Waals surface area contributed by atoms with Crippen LogP contribution in [0.25, 0.3) is 0 Å². The minimum absolute atomic E-state index is 0.00151. The number of amides is 3. The van der Waals surface area contributed by atoms with E-state index in [2.05, 4.69) is 17.3 Å². The Labute approximate surface area is 172 Å². The molecule has 156 valence electrons. The van der Waals surface area contributed by atoms with Gasteiger partial charge in [0.05, 0.1) is 0 Å². The molecule has 3 aliphatic heterocycles. The van der Waals surface area contributed by atoms with Gasteiger partial charge in [-0.15, -0.1) is 0 Å². The van der Waals surface area contributed by atoms with Crippen LogP contribution in [-0.2, 0) is 20.8 Å². The fraction of sp³-hybridized carbons (Fsp3) is 0.591. The van der Waals surface area contributed by atoms with Crippen molar-refractivity contribution >= 4 is 23.4 Å². The molecule has 4 rings (SSSR count). The van der Waals surface area contributed by atoms with E-state index in [1.807, 2.05) is 29.2 Å². The minimum atomic E-state index is -0.327. The van der Waals surface area contributed by atoms with E-state index in [0.29, 0.717) is 25.8 Å². The first-order valence-corrected chi connectivity index (χ1v) is 10.7. The van der Waals surface area contributed by atoms with Gasteiger partial charge in [-0.3, -0.25) is 14.4 Å². The summed E-state index contributed by atoms with van der Waals surface area (Å²) in [5.41, 5.74) is 1.99. The molecular weight excluding hydrogens is 368 g/mol. The second kappa shape index (κ2) is 8.53. The number of benzene rings is 1. The summed E-state index contributed by atoms with van der Waals surface area (Å²) in [7, 11) is 2.06. The lowest BCUT2D eigenvalue weighted by Crippen LogP contribution is -2.53. The predicted molar refractivity (Wildman–Crippen MR) is 110 cm³/mol. The number of likely N-dealkylation sites (tertiary alicyclic amines) is 1. The number of likely N-dealkylation sites (N-methyl/N-ethyl adjacent to an activating group) is 1. The number of anilines is 1. The Balaban J connectivity index is 1.33. The average Bonchev–Trinajstić information content (AvgIpc) is 3.22. The number of para-hydroxylation sites is 1. The number of carbonyl (C=O) groups is 3. The number of rotatable bonds is 4. The number of piperazine rings is 1. The van der Waals surface area contributed by atoms with Crippen molar-refractivity contribution in [2.75, 3.05) is 45.1 Å². The zero-order valence-corrected chi connectivity index (χ0v) is 17.1. The summed E-state index contributed by atoms with van der Waals surface area (Å²) in [6.45, 7) is 3.86. The highest BCUT2D eigenvalue weighted by atomic mass is 16.2. The standard InChI is InChI=1S/C22H30N4O3/c1-24-11-13-25(14-12-24)22(29)19-7-4-10-26(19)20(27)9-8-17-15-16-5-2-3-6-18(16)23-21(17)28/h2-3,5-6,17,19H,4,7-15H2,1H3,(H,23,28)/t17-,19-/m0/s1. The van der Waals surface area contributed by atoms with E-state index in [0.717, 1.165) is 50.3 Å². The van der Waals surface area contributed by atoms with Gasteiger partial charge in [0.25, 0.3) is 0 Å². The van der Waals surface area contributed by atoms with Crippen molar-refractivity contribution < 1.29 is 14.4 Å². The number of nitrogens with zero attached hydrogens (tertiary/aromatic N) is 3. The largest absolute Gasteiger partial charge is 0.338 e. The molecule has 0 unspecified atom stereocenters. The summed E-state index contributed by atoms with van der Waals surface area (Å²) in [5.74, 6) is -0.110. The van der Waals surface area contributed by atoms with E-state index in [4.69, 9.17) is 0 Å². The maximum absolute atomic E-state index is 13.0. The van der Waals surface area contributed by atoms with Gasteiger partial charge in [0, 0.05) is 50.7 Å². The third-order valence-corrected chi connectivity index (χ3v) is 6.49. The molecule has 3 amide bonds. The lowest BCUT2D eigenvalue weighted by atomic mass is 9.89. The van der Waals surface area contributed by atoms with E-state index < -0.39 is 0 Å². The van der Waals surface area contributed by atoms with Crippen LogP contribution in [-0.4, -0.2) is 78.2 Å². The van der Waals surface area contributed by atoms with E-state index in [1.165, 1.54) is 0 Å². The summed E-state index contributed by atoms with van der Waals surface area (Å²) >= 11 is 0. The Morgan fingerprint density at radius 3 is 2.66 bits per heavy atom. The molecule has 0 saturated carbocycles. The second-order valence-electron chi connectivity index (χ2n) is 8.46. The molecule has 0 aliphatic carbocycles. The molecule has 1 aromatic carbocycles. The van der Waals surface area contributed by atoms with Crippen molar-refractivity contribution in [2.24, 2.45) is 5.92 Å². The van der Waals surface area contributed by atoms with Gasteiger partial charge in [0.15, 0.2) is 0 Å². The highest BCUT2D eigenvalue weighted by molar-refractivity contribution is 5.96. The van der Waals surface area contributed by atoms with Crippen LogP contribution in [0.1, 0.15) is 31.2 Å². The molecule has 2 saturated heterocycles. The van der Waals surface area contributed by atoms with Gasteiger partial charge < -0.3 is 20.0 Å². The minimum Gasteiger partial charge on any atom is -0.338 e. The molecule has 7 heteroatoms. The predicted octanol–water partition coefficient (Wildman–Crippen LogP) is 1.34. The topological polar surface area (TPSA) is 73.0 Å². The summed E-state index contributed by atoms with van der Waals surface area (Å²) in [5, 5.41) is 2.95. The zero-order chi connectivity index (χ0) is 20.4. The molecular formula is C22H30N4O3. The quantitative estimate of drug-likeness (QED) is 0.831. The first kappa shape index (κ1) is 19.9. The Kier molecular flexibility index (Phi) is 5.85. The van der Waals surface area contributed by atoms with Crippen LogP contribution >= 0.6 is 0 Å². The van der Waals surface area contributed by atoms with Crippen molar-refractivity contribution in [1.82, 2.24) is 14.7 Å². The van der Waals surface area contributed by atoms with Gasteiger partial charge in [-0.2, -0.15) is 0 Å². The Morgan fingerprint density at radius 1 is 1.10 bits per heavy atom. The SMILES string of the molecule is CN1CCN(C(=O)[C@@H]2CCCN2C(=O)CC[C@H]2Cc3ccccc3NC2=O)CC1. The number of hydrogen-bond acceptors (Lipinski definition) is 4. The lowest BCUT2D eigenvalue weighted by molar-refractivity contribution is -0.145. The fourth-order valence-corrected chi connectivity index (χ4v) is 4.65. The maximum Gasteiger partial charge on any atom is 0.245 e. The van der Waals surface area contributed by atoms with Crippen molar-refractivity contribution in [1.29, 1.82) is 0 Å². The van der Waals surface area contributed by atoms with Crippen LogP contribution in [0.2, 0.25) is 0 Å². The Hall–Kier alpha value is -2.41. The molecule has 0 aromatic heterocycles. The van der Waals surface area contributed by atoms with E-state index in [-0.39, 0.29) is 29.7 Å². The normalized spacial score (nSPS) is 24.9. The summed E-state index contributed by atoms with van der Waals surface area (Å²) in [6.07, 6.45) is 3.11. The second-order valence-corrected chi connectivity index (χ2v) is 8.46. The van der Waals surface area contributed by atoms with Crippen LogP contribution in [0.15, 0.2) is 24.3 Å². The van der Waals surface area contributed by atoms with Gasteiger partial charge in [0.2, 0.25) is 17.7 Å². The number of fused-ring (bicyclic) bond motifs is 1. The third-order valence-electron chi connectivity index (χ3n) is 6.49.